The molecule has 4 aromatic rings. The highest BCUT2D eigenvalue weighted by atomic mass is 35.5. The second kappa shape index (κ2) is 10.4. The molecule has 1 aliphatic heterocycles. The van der Waals surface area contributed by atoms with Gasteiger partial charge in [-0.1, -0.05) is 35.9 Å². The highest BCUT2D eigenvalue weighted by Crippen LogP contribution is 2.41. The first-order chi connectivity index (χ1) is 18.5. The van der Waals surface area contributed by atoms with Crippen molar-refractivity contribution in [3.63, 3.8) is 0 Å². The number of aromatic hydroxyl groups is 1. The fraction of sp³-hybridized carbons (Fsp3) is 0.276. The number of hydrogen-bond donors (Lipinski definition) is 1. The Morgan fingerprint density at radius 1 is 1.05 bits per heavy atom. The molecule has 3 heterocycles. The van der Waals surface area contributed by atoms with Gasteiger partial charge in [0.1, 0.15) is 5.00 Å². The Morgan fingerprint density at radius 2 is 1.82 bits per heavy atom. The van der Waals surface area contributed by atoms with Gasteiger partial charge in [0.05, 0.1) is 30.0 Å². The summed E-state index contributed by atoms with van der Waals surface area (Å²) in [4.78, 5) is 34.9. The fourth-order valence-corrected chi connectivity index (χ4v) is 6.66. The van der Waals surface area contributed by atoms with E-state index in [1.165, 1.54) is 9.44 Å². The SMILES string of the molecule is O=C(c1c(/N=C/c2c(O)n(-c3cccc(Cl)c3)c(=O)c3ccccc23)sc2c1CCCC2)N1CCOCC1. The van der Waals surface area contributed by atoms with Crippen molar-refractivity contribution in [1.29, 1.82) is 0 Å². The molecular weight excluding hydrogens is 522 g/mol. The van der Waals surface area contributed by atoms with Gasteiger partial charge in [-0.05, 0) is 55.5 Å². The lowest BCUT2D eigenvalue weighted by Crippen LogP contribution is -2.41. The number of aryl methyl sites for hydroxylation is 1. The van der Waals surface area contributed by atoms with E-state index in [0.29, 0.717) is 63.9 Å². The Bertz CT molecular complexity index is 1640. The molecule has 2 aromatic carbocycles. The summed E-state index contributed by atoms with van der Waals surface area (Å²) < 4.78 is 6.69. The molecule has 194 valence electrons. The van der Waals surface area contributed by atoms with Gasteiger partial charge in [-0.15, -0.1) is 11.3 Å². The number of hydrogen-bond acceptors (Lipinski definition) is 6. The van der Waals surface area contributed by atoms with Crippen LogP contribution in [0.1, 0.15) is 39.2 Å². The summed E-state index contributed by atoms with van der Waals surface area (Å²) in [6.07, 6.45) is 5.52. The number of rotatable bonds is 4. The lowest BCUT2D eigenvalue weighted by Gasteiger charge is -2.27. The van der Waals surface area contributed by atoms with Crippen LogP contribution in [0.2, 0.25) is 5.02 Å². The molecule has 0 bridgehead atoms. The van der Waals surface area contributed by atoms with E-state index in [2.05, 4.69) is 0 Å². The third-order valence-electron chi connectivity index (χ3n) is 7.15. The van der Waals surface area contributed by atoms with Crippen molar-refractivity contribution in [1.82, 2.24) is 9.47 Å². The van der Waals surface area contributed by atoms with Gasteiger partial charge in [0.2, 0.25) is 5.88 Å². The molecule has 0 unspecified atom stereocenters. The molecule has 1 amide bonds. The zero-order valence-electron chi connectivity index (χ0n) is 20.7. The number of aromatic nitrogens is 1. The van der Waals surface area contributed by atoms with E-state index in [1.807, 2.05) is 11.0 Å². The van der Waals surface area contributed by atoms with Crippen molar-refractivity contribution >= 4 is 50.8 Å². The Morgan fingerprint density at radius 3 is 2.61 bits per heavy atom. The molecule has 2 aromatic heterocycles. The standard InChI is InChI=1S/C29H26ClN3O4S/c30-18-6-5-7-19(16-18)33-27(34)21-9-2-1-8-20(21)23(28(33)35)17-31-26-25(22-10-3-4-11-24(22)38-26)29(36)32-12-14-37-15-13-32/h1-2,5-9,16-17,35H,3-4,10-15H2/b31-17+. The summed E-state index contributed by atoms with van der Waals surface area (Å²) in [6.45, 7) is 2.18. The molecule has 7 nitrogen and oxygen atoms in total. The summed E-state index contributed by atoms with van der Waals surface area (Å²) in [7, 11) is 0. The molecule has 0 radical (unpaired) electrons. The second-order valence-electron chi connectivity index (χ2n) is 9.46. The normalized spacial score (nSPS) is 15.8. The van der Waals surface area contributed by atoms with Crippen LogP contribution in [0.25, 0.3) is 16.5 Å². The van der Waals surface area contributed by atoms with Gasteiger partial charge in [0.25, 0.3) is 11.5 Å². The van der Waals surface area contributed by atoms with Gasteiger partial charge in [-0.25, -0.2) is 9.56 Å². The highest BCUT2D eigenvalue weighted by Gasteiger charge is 2.29. The van der Waals surface area contributed by atoms with E-state index in [4.69, 9.17) is 21.3 Å². The number of ether oxygens (including phenoxy) is 1. The van der Waals surface area contributed by atoms with Crippen LogP contribution in [0, 0.1) is 0 Å². The van der Waals surface area contributed by atoms with Crippen molar-refractivity contribution < 1.29 is 14.6 Å². The summed E-state index contributed by atoms with van der Waals surface area (Å²) in [5.74, 6) is -0.250. The minimum atomic E-state index is -0.354. The third kappa shape index (κ3) is 4.42. The van der Waals surface area contributed by atoms with Gasteiger partial charge in [-0.3, -0.25) is 9.59 Å². The molecule has 0 atom stereocenters. The average molecular weight is 548 g/mol. The lowest BCUT2D eigenvalue weighted by atomic mass is 9.95. The van der Waals surface area contributed by atoms with Crippen LogP contribution in [0.3, 0.4) is 0 Å². The first-order valence-corrected chi connectivity index (χ1v) is 13.9. The van der Waals surface area contributed by atoms with Crippen LogP contribution in [0.15, 0.2) is 58.3 Å². The van der Waals surface area contributed by atoms with Crippen LogP contribution < -0.4 is 5.56 Å². The number of morpholine rings is 1. The van der Waals surface area contributed by atoms with Gasteiger partial charge in [0.15, 0.2) is 0 Å². The number of carbonyl (C=O) groups is 1. The molecule has 1 aliphatic carbocycles. The smallest absolute Gasteiger partial charge is 0.265 e. The largest absolute Gasteiger partial charge is 0.494 e. The Kier molecular flexibility index (Phi) is 6.78. The number of carbonyl (C=O) groups excluding carboxylic acids is 1. The number of amides is 1. The van der Waals surface area contributed by atoms with Crippen molar-refractivity contribution in [2.45, 2.75) is 25.7 Å². The van der Waals surface area contributed by atoms with Crippen LogP contribution in [-0.4, -0.2) is 53.0 Å². The van der Waals surface area contributed by atoms with Gasteiger partial charge >= 0.3 is 0 Å². The van der Waals surface area contributed by atoms with Crippen LogP contribution in [-0.2, 0) is 17.6 Å². The molecule has 0 saturated carbocycles. The zero-order chi connectivity index (χ0) is 26.2. The maximum Gasteiger partial charge on any atom is 0.265 e. The number of halogens is 1. The Balaban J connectivity index is 1.51. The van der Waals surface area contributed by atoms with Crippen LogP contribution in [0.5, 0.6) is 5.88 Å². The van der Waals surface area contributed by atoms with Gasteiger partial charge < -0.3 is 14.7 Å². The summed E-state index contributed by atoms with van der Waals surface area (Å²) in [5, 5.41) is 13.5. The number of pyridine rings is 1. The number of fused-ring (bicyclic) bond motifs is 2. The third-order valence-corrected chi connectivity index (χ3v) is 8.58. The topological polar surface area (TPSA) is 84.1 Å². The molecular formula is C29H26ClN3O4S. The Labute approximate surface area is 228 Å². The fourth-order valence-electron chi connectivity index (χ4n) is 5.25. The molecule has 38 heavy (non-hydrogen) atoms. The maximum absolute atomic E-state index is 13.7. The second-order valence-corrected chi connectivity index (χ2v) is 11.0. The maximum atomic E-state index is 13.7. The number of thiophene rings is 1. The van der Waals surface area contributed by atoms with Gasteiger partial charge in [0, 0.05) is 40.0 Å². The molecule has 1 fully saturated rings. The predicted octanol–water partition coefficient (Wildman–Crippen LogP) is 5.51. The minimum Gasteiger partial charge on any atom is -0.494 e. The number of aliphatic imine (C=N–C) groups is 1. The quantitative estimate of drug-likeness (QED) is 0.341. The zero-order valence-corrected chi connectivity index (χ0v) is 22.2. The molecule has 9 heteroatoms. The summed E-state index contributed by atoms with van der Waals surface area (Å²) >= 11 is 7.74. The van der Waals surface area contributed by atoms with E-state index in [-0.39, 0.29) is 17.3 Å². The molecule has 2 aliphatic rings. The molecule has 6 rings (SSSR count). The van der Waals surface area contributed by atoms with Crippen LogP contribution >= 0.6 is 22.9 Å². The lowest BCUT2D eigenvalue weighted by molar-refractivity contribution is 0.0303. The monoisotopic (exact) mass is 547 g/mol. The average Bonchev–Trinajstić information content (AvgIpc) is 3.31. The van der Waals surface area contributed by atoms with E-state index in [0.717, 1.165) is 31.2 Å². The summed E-state index contributed by atoms with van der Waals surface area (Å²) in [5.41, 5.74) is 2.26. The van der Waals surface area contributed by atoms with Crippen molar-refractivity contribution in [2.24, 2.45) is 4.99 Å². The molecule has 0 spiro atoms. The van der Waals surface area contributed by atoms with E-state index < -0.39 is 0 Å². The minimum absolute atomic E-state index is 0.0159. The molecule has 1 N–H and O–H groups in total. The van der Waals surface area contributed by atoms with Crippen molar-refractivity contribution in [2.75, 3.05) is 26.3 Å². The number of nitrogens with zero attached hydrogens (tertiary/aromatic N) is 3. The van der Waals surface area contributed by atoms with Gasteiger partial charge in [-0.2, -0.15) is 0 Å². The molecule has 1 saturated heterocycles. The summed E-state index contributed by atoms with van der Waals surface area (Å²) in [6, 6.07) is 13.9. The van der Waals surface area contributed by atoms with E-state index >= 15 is 0 Å². The Hall–Kier alpha value is -3.46. The number of benzene rings is 2. The van der Waals surface area contributed by atoms with Crippen molar-refractivity contribution in [3.05, 3.63) is 85.5 Å². The predicted molar refractivity (Wildman–Crippen MR) is 151 cm³/mol. The first-order valence-electron chi connectivity index (χ1n) is 12.7. The first kappa shape index (κ1) is 24.9. The highest BCUT2D eigenvalue weighted by molar-refractivity contribution is 7.16. The van der Waals surface area contributed by atoms with E-state index in [1.54, 1.807) is 60.0 Å². The van der Waals surface area contributed by atoms with E-state index in [9.17, 15) is 14.7 Å². The van der Waals surface area contributed by atoms with Crippen molar-refractivity contribution in [3.8, 4) is 11.6 Å². The van der Waals surface area contributed by atoms with Crippen LogP contribution in [0.4, 0.5) is 5.00 Å².